The summed E-state index contributed by atoms with van der Waals surface area (Å²) in [7, 11) is 0. The van der Waals surface area contributed by atoms with Crippen LogP contribution in [-0.4, -0.2) is 11.7 Å². The first kappa shape index (κ1) is 9.00. The molecule has 0 saturated heterocycles. The second-order valence-corrected chi connectivity index (χ2v) is 3.39. The van der Waals surface area contributed by atoms with Crippen molar-refractivity contribution in [1.29, 1.82) is 0 Å². The first-order valence-electron chi connectivity index (χ1n) is 4.64. The minimum atomic E-state index is 0.333. The summed E-state index contributed by atoms with van der Waals surface area (Å²) >= 11 is 0. The molecule has 1 heterocycles. The van der Waals surface area contributed by atoms with Crippen molar-refractivity contribution in [1.82, 2.24) is 5.12 Å². The summed E-state index contributed by atoms with van der Waals surface area (Å²) < 4.78 is 13.4. The summed E-state index contributed by atoms with van der Waals surface area (Å²) in [6.45, 7) is 2.34. The van der Waals surface area contributed by atoms with Crippen molar-refractivity contribution in [3.63, 3.8) is 0 Å². The first-order chi connectivity index (χ1) is 6.77. The third-order valence-corrected chi connectivity index (χ3v) is 2.23. The fraction of sp³-hybridized carbons (Fsp3) is 0.167. The van der Waals surface area contributed by atoms with Crippen LogP contribution in [0.5, 0.6) is 0 Å². The van der Waals surface area contributed by atoms with Gasteiger partial charge < -0.3 is 0 Å². The van der Waals surface area contributed by atoms with E-state index in [9.17, 15) is 4.48 Å². The monoisotopic (exact) mass is 189 g/mol. The van der Waals surface area contributed by atoms with Crippen molar-refractivity contribution in [2.75, 3.05) is 6.54 Å². The van der Waals surface area contributed by atoms with Crippen LogP contribution in [0, 0.1) is 6.92 Å². The molecule has 72 valence electrons. The lowest BCUT2D eigenvalue weighted by atomic mass is 10.1. The van der Waals surface area contributed by atoms with E-state index >= 15 is 0 Å². The molecule has 0 bridgehead atoms. The average Bonchev–Trinajstić information content (AvgIpc) is 2.18. The molecular formula is C12H12FN. The van der Waals surface area contributed by atoms with E-state index in [2.05, 4.69) is 0 Å². The Labute approximate surface area is 83.1 Å². The lowest BCUT2D eigenvalue weighted by molar-refractivity contribution is 0.121. The van der Waals surface area contributed by atoms with Gasteiger partial charge in [0.05, 0.1) is 12.2 Å². The summed E-state index contributed by atoms with van der Waals surface area (Å²) in [6.07, 6.45) is 5.46. The smallest absolute Gasteiger partial charge is 0.0763 e. The molecule has 2 heteroatoms. The number of rotatable bonds is 1. The van der Waals surface area contributed by atoms with E-state index < -0.39 is 0 Å². The molecule has 1 nitrogen and oxygen atoms in total. The standard InChI is InChI=1S/C12H12FN/c1-10-5-4-6-11(9-10)12-7-2-3-8-14(12)13/h2-7,9H,8H2,1H3. The van der Waals surface area contributed by atoms with Gasteiger partial charge in [0.1, 0.15) is 0 Å². The Morgan fingerprint density at radius 3 is 2.93 bits per heavy atom. The van der Waals surface area contributed by atoms with E-state index in [4.69, 9.17) is 0 Å². The van der Waals surface area contributed by atoms with Gasteiger partial charge in [-0.15, -0.1) is 0 Å². The molecule has 1 aliphatic heterocycles. The maximum atomic E-state index is 13.4. The van der Waals surface area contributed by atoms with Crippen LogP contribution in [0.3, 0.4) is 0 Å². The van der Waals surface area contributed by atoms with E-state index in [0.717, 1.165) is 16.2 Å². The van der Waals surface area contributed by atoms with E-state index in [1.807, 2.05) is 37.3 Å². The highest BCUT2D eigenvalue weighted by Gasteiger charge is 2.11. The molecule has 14 heavy (non-hydrogen) atoms. The highest BCUT2D eigenvalue weighted by molar-refractivity contribution is 5.66. The summed E-state index contributed by atoms with van der Waals surface area (Å²) in [5, 5.41) is 0.759. The van der Waals surface area contributed by atoms with Crippen molar-refractivity contribution in [2.45, 2.75) is 6.92 Å². The number of hydrogen-bond acceptors (Lipinski definition) is 1. The second kappa shape index (κ2) is 3.66. The zero-order valence-electron chi connectivity index (χ0n) is 8.07. The molecule has 0 aromatic heterocycles. The zero-order chi connectivity index (χ0) is 9.97. The topological polar surface area (TPSA) is 3.24 Å². The van der Waals surface area contributed by atoms with E-state index in [-0.39, 0.29) is 0 Å². The molecule has 0 fully saturated rings. The van der Waals surface area contributed by atoms with Gasteiger partial charge in [-0.1, -0.05) is 40.4 Å². The molecule has 0 radical (unpaired) electrons. The van der Waals surface area contributed by atoms with Crippen molar-refractivity contribution >= 4 is 5.70 Å². The lowest BCUT2D eigenvalue weighted by Gasteiger charge is -2.18. The van der Waals surface area contributed by atoms with Gasteiger partial charge in [-0.3, -0.25) is 0 Å². The Hall–Kier alpha value is -1.57. The fourth-order valence-electron chi connectivity index (χ4n) is 1.53. The molecule has 1 aromatic carbocycles. The maximum absolute atomic E-state index is 13.4. The Kier molecular flexibility index (Phi) is 2.35. The van der Waals surface area contributed by atoms with Crippen LogP contribution in [0.15, 0.2) is 42.5 Å². The molecule has 2 rings (SSSR count). The van der Waals surface area contributed by atoms with Crippen LogP contribution >= 0.6 is 0 Å². The number of benzene rings is 1. The number of aryl methyl sites for hydroxylation is 1. The van der Waals surface area contributed by atoms with Crippen molar-refractivity contribution in [3.05, 3.63) is 53.6 Å². The third-order valence-electron chi connectivity index (χ3n) is 2.23. The quantitative estimate of drug-likeness (QED) is 0.613. The zero-order valence-corrected chi connectivity index (χ0v) is 8.07. The highest BCUT2D eigenvalue weighted by Crippen LogP contribution is 2.22. The molecule has 1 aliphatic rings. The van der Waals surface area contributed by atoms with Crippen LogP contribution in [0.1, 0.15) is 11.1 Å². The van der Waals surface area contributed by atoms with Gasteiger partial charge in [-0.2, -0.15) is 0 Å². The molecule has 0 aliphatic carbocycles. The van der Waals surface area contributed by atoms with Gasteiger partial charge in [-0.05, 0) is 19.1 Å². The number of halogens is 1. The summed E-state index contributed by atoms with van der Waals surface area (Å²) in [4.78, 5) is 0. The molecule has 1 aromatic rings. The molecule has 0 amide bonds. The van der Waals surface area contributed by atoms with Gasteiger partial charge in [0.25, 0.3) is 0 Å². The summed E-state index contributed by atoms with van der Waals surface area (Å²) in [5.41, 5.74) is 2.71. The predicted molar refractivity (Wildman–Crippen MR) is 56.1 cm³/mol. The van der Waals surface area contributed by atoms with Crippen molar-refractivity contribution in [2.24, 2.45) is 0 Å². The van der Waals surface area contributed by atoms with E-state index in [0.29, 0.717) is 12.2 Å². The highest BCUT2D eigenvalue weighted by atomic mass is 19.2. The van der Waals surface area contributed by atoms with Crippen LogP contribution in [0.4, 0.5) is 4.48 Å². The predicted octanol–water partition coefficient (Wildman–Crippen LogP) is 3.09. The summed E-state index contributed by atoms with van der Waals surface area (Å²) in [6, 6.07) is 7.85. The Morgan fingerprint density at radius 2 is 2.21 bits per heavy atom. The van der Waals surface area contributed by atoms with Crippen LogP contribution in [0.2, 0.25) is 0 Å². The normalized spacial score (nSPS) is 15.6. The van der Waals surface area contributed by atoms with Crippen molar-refractivity contribution in [3.8, 4) is 0 Å². The van der Waals surface area contributed by atoms with Gasteiger partial charge in [0.2, 0.25) is 0 Å². The third kappa shape index (κ3) is 1.69. The van der Waals surface area contributed by atoms with Gasteiger partial charge >= 0.3 is 0 Å². The summed E-state index contributed by atoms with van der Waals surface area (Å²) in [5.74, 6) is 0. The van der Waals surface area contributed by atoms with E-state index in [1.165, 1.54) is 0 Å². The van der Waals surface area contributed by atoms with E-state index in [1.54, 1.807) is 12.2 Å². The largest absolute Gasteiger partial charge is 0.207 e. The Morgan fingerprint density at radius 1 is 1.36 bits per heavy atom. The molecule has 0 unspecified atom stereocenters. The number of nitrogens with zero attached hydrogens (tertiary/aromatic N) is 1. The Bertz CT molecular complexity index is 393. The number of allylic oxidation sites excluding steroid dienone is 2. The maximum Gasteiger partial charge on any atom is 0.0763 e. The Balaban J connectivity index is 2.39. The van der Waals surface area contributed by atoms with Crippen LogP contribution in [-0.2, 0) is 0 Å². The second-order valence-electron chi connectivity index (χ2n) is 3.39. The SMILES string of the molecule is Cc1cccc(C2=CC=CCN2F)c1. The van der Waals surface area contributed by atoms with Gasteiger partial charge in [0.15, 0.2) is 0 Å². The van der Waals surface area contributed by atoms with Crippen LogP contribution in [0.25, 0.3) is 5.70 Å². The van der Waals surface area contributed by atoms with Gasteiger partial charge in [0, 0.05) is 5.56 Å². The molecule has 0 N–H and O–H groups in total. The molecule has 0 atom stereocenters. The van der Waals surface area contributed by atoms with Crippen molar-refractivity contribution < 1.29 is 4.48 Å². The average molecular weight is 189 g/mol. The minimum Gasteiger partial charge on any atom is -0.207 e. The van der Waals surface area contributed by atoms with Crippen LogP contribution < -0.4 is 0 Å². The first-order valence-corrected chi connectivity index (χ1v) is 4.64. The minimum absolute atomic E-state index is 0.333. The number of hydrogen-bond donors (Lipinski definition) is 0. The fourth-order valence-corrected chi connectivity index (χ4v) is 1.53. The molecule has 0 saturated carbocycles. The molecular weight excluding hydrogens is 177 g/mol. The van der Waals surface area contributed by atoms with Gasteiger partial charge in [-0.25, -0.2) is 5.12 Å². The molecule has 0 spiro atoms. The lowest BCUT2D eigenvalue weighted by Crippen LogP contribution is -2.14.